The number of aromatic amines is 1. The van der Waals surface area contributed by atoms with E-state index in [4.69, 9.17) is 20.4 Å². The van der Waals surface area contributed by atoms with Gasteiger partial charge in [-0.15, -0.1) is 0 Å². The maximum Gasteiger partial charge on any atom is 0.271 e. The number of nitrogens with one attached hydrogen (secondary N) is 3. The summed E-state index contributed by atoms with van der Waals surface area (Å²) in [5.74, 6) is 0.315. The molecule has 3 fully saturated rings. The molecule has 5 heterocycles. The molecule has 0 saturated carbocycles. The van der Waals surface area contributed by atoms with Crippen molar-refractivity contribution in [3.05, 3.63) is 60.4 Å². The number of fused-ring (bicyclic) bond motifs is 1. The lowest BCUT2D eigenvalue weighted by molar-refractivity contribution is 0.0904. The van der Waals surface area contributed by atoms with Crippen LogP contribution in [0, 0.1) is 0 Å². The van der Waals surface area contributed by atoms with Crippen molar-refractivity contribution in [2.75, 3.05) is 75.1 Å². The Kier molecular flexibility index (Phi) is 8.55. The highest BCUT2D eigenvalue weighted by Gasteiger charge is 2.27. The number of piperazine rings is 1. The van der Waals surface area contributed by atoms with Gasteiger partial charge in [0, 0.05) is 98.6 Å². The van der Waals surface area contributed by atoms with E-state index in [1.807, 2.05) is 42.6 Å². The number of hydrogen-bond donors (Lipinski definition) is 4. The number of carbonyl (C=O) groups is 1. The van der Waals surface area contributed by atoms with Gasteiger partial charge in [-0.3, -0.25) is 9.69 Å². The smallest absolute Gasteiger partial charge is 0.271 e. The summed E-state index contributed by atoms with van der Waals surface area (Å²) in [5.41, 5.74) is 10.5. The Balaban J connectivity index is 1.12. The van der Waals surface area contributed by atoms with Crippen molar-refractivity contribution in [3.63, 3.8) is 0 Å². The molecule has 0 aliphatic carbocycles. The molecule has 0 radical (unpaired) electrons. The van der Waals surface area contributed by atoms with E-state index in [1.165, 1.54) is 31.6 Å². The minimum absolute atomic E-state index is 0.102. The van der Waals surface area contributed by atoms with Gasteiger partial charge in [-0.05, 0) is 69.1 Å². The number of nitrogens with zero attached hydrogens (tertiary/aromatic N) is 5. The van der Waals surface area contributed by atoms with Crippen molar-refractivity contribution >= 4 is 39.8 Å². The number of likely N-dealkylation sites (N-methyl/N-ethyl adjacent to an activating group) is 1. The molecule has 11 nitrogen and oxygen atoms in total. The first-order valence-corrected chi connectivity index (χ1v) is 16.2. The van der Waals surface area contributed by atoms with Crippen LogP contribution in [0.3, 0.4) is 0 Å². The molecule has 4 aromatic rings. The largest absolute Gasteiger partial charge is 0.381 e. The highest BCUT2D eigenvalue weighted by molar-refractivity contribution is 6.00. The summed E-state index contributed by atoms with van der Waals surface area (Å²) in [5, 5.41) is 7.96. The fourth-order valence-electron chi connectivity index (χ4n) is 6.88. The highest BCUT2D eigenvalue weighted by Crippen LogP contribution is 2.35. The zero-order valence-corrected chi connectivity index (χ0v) is 26.0. The van der Waals surface area contributed by atoms with Crippen molar-refractivity contribution in [1.82, 2.24) is 24.8 Å². The zero-order chi connectivity index (χ0) is 30.8. The molecule has 2 aromatic heterocycles. The molecule has 5 N–H and O–H groups in total. The summed E-state index contributed by atoms with van der Waals surface area (Å²) < 4.78 is 5.58. The van der Waals surface area contributed by atoms with Gasteiger partial charge in [0.05, 0.1) is 0 Å². The van der Waals surface area contributed by atoms with Crippen LogP contribution in [0.5, 0.6) is 0 Å². The summed E-state index contributed by atoms with van der Waals surface area (Å²) in [6, 6.07) is 17.2. The van der Waals surface area contributed by atoms with Gasteiger partial charge in [-0.25, -0.2) is 9.97 Å². The summed E-state index contributed by atoms with van der Waals surface area (Å²) in [6.07, 6.45) is 6.01. The molecule has 0 bridgehead atoms. The summed E-state index contributed by atoms with van der Waals surface area (Å²) in [7, 11) is 2.21. The Labute approximate surface area is 264 Å². The van der Waals surface area contributed by atoms with E-state index in [0.29, 0.717) is 36.6 Å². The van der Waals surface area contributed by atoms with Gasteiger partial charge < -0.3 is 35.9 Å². The molecular weight excluding hydrogens is 566 g/mol. The Morgan fingerprint density at radius 1 is 0.911 bits per heavy atom. The highest BCUT2D eigenvalue weighted by atomic mass is 16.5. The van der Waals surface area contributed by atoms with Gasteiger partial charge in [-0.2, -0.15) is 0 Å². The molecule has 3 aliphatic heterocycles. The lowest BCUT2D eigenvalue weighted by atomic mass is 10.0. The Morgan fingerprint density at radius 3 is 2.40 bits per heavy atom. The number of rotatable bonds is 8. The first kappa shape index (κ1) is 29.5. The van der Waals surface area contributed by atoms with Gasteiger partial charge >= 0.3 is 0 Å². The summed E-state index contributed by atoms with van der Waals surface area (Å²) in [6.45, 7) is 8.16. The van der Waals surface area contributed by atoms with E-state index >= 15 is 0 Å². The second-order valence-corrected chi connectivity index (χ2v) is 12.5. The Morgan fingerprint density at radius 2 is 1.67 bits per heavy atom. The molecule has 1 amide bonds. The van der Waals surface area contributed by atoms with Crippen molar-refractivity contribution in [2.24, 2.45) is 5.73 Å². The lowest BCUT2D eigenvalue weighted by Crippen LogP contribution is -2.52. The number of anilines is 4. The predicted octanol–water partition coefficient (Wildman–Crippen LogP) is 4.27. The molecule has 11 heteroatoms. The number of nitrogens with two attached hydrogens (primary N) is 1. The number of primary amides is 1. The maximum absolute atomic E-state index is 12.8. The van der Waals surface area contributed by atoms with E-state index in [9.17, 15) is 4.79 Å². The monoisotopic (exact) mass is 609 g/mol. The average molecular weight is 610 g/mol. The van der Waals surface area contributed by atoms with E-state index < -0.39 is 5.91 Å². The zero-order valence-electron chi connectivity index (χ0n) is 26.0. The number of carbonyl (C=O) groups excluding carboxylic acids is 1. The predicted molar refractivity (Wildman–Crippen MR) is 179 cm³/mol. The van der Waals surface area contributed by atoms with Gasteiger partial charge in [0.2, 0.25) is 0 Å². The fraction of sp³-hybridized carbons (Fsp3) is 0.441. The quantitative estimate of drug-likeness (QED) is 0.232. The van der Waals surface area contributed by atoms with Crippen LogP contribution in [0.25, 0.3) is 22.2 Å². The standard InChI is InChI=1S/C34H43N9O2/c1-41-17-19-43(20-18-41)26-10-15-42(16-11-26)25-7-5-23(6-8-25)37-34-31(32(35)44)39-30(28-3-2-4-29-27(28)9-14-36-29)33(40-34)38-24-12-21-45-22-13-24/h2-9,14,24,26,36H,10-13,15-22H2,1H3,(H2,35,44)(H2,37,38,40). The van der Waals surface area contributed by atoms with Crippen LogP contribution in [0.15, 0.2) is 54.7 Å². The first-order valence-electron chi connectivity index (χ1n) is 16.2. The van der Waals surface area contributed by atoms with Crippen molar-refractivity contribution in [3.8, 4) is 11.3 Å². The van der Waals surface area contributed by atoms with Gasteiger partial charge in [-0.1, -0.05) is 12.1 Å². The average Bonchev–Trinajstić information content (AvgIpc) is 3.56. The van der Waals surface area contributed by atoms with E-state index in [2.05, 4.69) is 49.5 Å². The van der Waals surface area contributed by atoms with Crippen LogP contribution >= 0.6 is 0 Å². The fourth-order valence-corrected chi connectivity index (χ4v) is 6.88. The van der Waals surface area contributed by atoms with E-state index in [1.54, 1.807) is 0 Å². The second-order valence-electron chi connectivity index (χ2n) is 12.5. The lowest BCUT2D eigenvalue weighted by Gasteiger charge is -2.42. The van der Waals surface area contributed by atoms with Crippen LogP contribution in [0.1, 0.15) is 36.2 Å². The SMILES string of the molecule is CN1CCN(C2CCN(c3ccc(Nc4nc(NC5CCOCC5)c(-c5cccc6[nH]ccc56)nc4C(N)=O)cc3)CC2)CC1. The minimum Gasteiger partial charge on any atom is -0.381 e. The van der Waals surface area contributed by atoms with Crippen LogP contribution in [-0.2, 0) is 4.74 Å². The number of piperidine rings is 1. The van der Waals surface area contributed by atoms with Crippen LogP contribution in [-0.4, -0.2) is 102 Å². The van der Waals surface area contributed by atoms with Crippen LogP contribution in [0.2, 0.25) is 0 Å². The Hall–Kier alpha value is -4.19. The van der Waals surface area contributed by atoms with Gasteiger partial charge in [0.25, 0.3) is 5.91 Å². The van der Waals surface area contributed by atoms with Crippen molar-refractivity contribution < 1.29 is 9.53 Å². The van der Waals surface area contributed by atoms with E-state index in [0.717, 1.165) is 61.2 Å². The van der Waals surface area contributed by atoms with E-state index in [-0.39, 0.29) is 11.7 Å². The molecule has 2 aromatic carbocycles. The summed E-state index contributed by atoms with van der Waals surface area (Å²) in [4.78, 5) is 33.4. The topological polar surface area (TPSA) is 128 Å². The molecule has 7 rings (SSSR count). The minimum atomic E-state index is -0.634. The molecule has 3 saturated heterocycles. The number of aromatic nitrogens is 3. The molecule has 0 unspecified atom stereocenters. The molecular formula is C34H43N9O2. The third-order valence-electron chi connectivity index (χ3n) is 9.56. The third kappa shape index (κ3) is 6.47. The van der Waals surface area contributed by atoms with Crippen LogP contribution in [0.4, 0.5) is 23.0 Å². The number of H-pyrrole nitrogens is 1. The molecule has 0 spiro atoms. The second kappa shape index (κ2) is 13.0. The normalized spacial score (nSPS) is 19.2. The number of benzene rings is 2. The number of amides is 1. The molecule has 45 heavy (non-hydrogen) atoms. The van der Waals surface area contributed by atoms with Crippen molar-refractivity contribution in [1.29, 1.82) is 0 Å². The summed E-state index contributed by atoms with van der Waals surface area (Å²) >= 11 is 0. The number of hydrogen-bond acceptors (Lipinski definition) is 9. The molecule has 3 aliphatic rings. The first-order chi connectivity index (χ1) is 22.0. The van der Waals surface area contributed by atoms with Crippen LogP contribution < -0.4 is 21.3 Å². The maximum atomic E-state index is 12.8. The van der Waals surface area contributed by atoms with Gasteiger partial charge in [0.1, 0.15) is 5.69 Å². The Bertz CT molecular complexity index is 1620. The third-order valence-corrected chi connectivity index (χ3v) is 9.56. The number of ether oxygens (including phenoxy) is 1. The molecule has 0 atom stereocenters. The van der Waals surface area contributed by atoms with Crippen molar-refractivity contribution in [2.45, 2.75) is 37.8 Å². The molecule has 236 valence electrons. The van der Waals surface area contributed by atoms with Gasteiger partial charge in [0.15, 0.2) is 17.3 Å².